The molecule has 19 heavy (non-hydrogen) atoms. The second-order valence-electron chi connectivity index (χ2n) is 4.22. The minimum absolute atomic E-state index is 0.198. The van der Waals surface area contributed by atoms with Crippen LogP contribution in [0.15, 0.2) is 19.0 Å². The van der Waals surface area contributed by atoms with Gasteiger partial charge in [0.1, 0.15) is 6.33 Å². The first-order valence-corrected chi connectivity index (χ1v) is 6.20. The summed E-state index contributed by atoms with van der Waals surface area (Å²) in [5, 5.41) is 0. The molecule has 1 fully saturated rings. The highest BCUT2D eigenvalue weighted by atomic mass is 16.5. The maximum Gasteiger partial charge on any atom is 0.262 e. The standard InChI is InChI=1S/C13H19N3O3/c1-4-7-19-10-5-6-16(8-10)12-11(17-2)13(18-3)15-9-14-12/h4,9-10H,1,5-8H2,2-3H3. The van der Waals surface area contributed by atoms with Gasteiger partial charge in [-0.1, -0.05) is 6.08 Å². The molecule has 1 aromatic heterocycles. The van der Waals surface area contributed by atoms with E-state index in [9.17, 15) is 0 Å². The molecule has 1 atom stereocenters. The zero-order chi connectivity index (χ0) is 13.7. The van der Waals surface area contributed by atoms with Crippen molar-refractivity contribution in [1.29, 1.82) is 0 Å². The van der Waals surface area contributed by atoms with Crippen LogP contribution in [0, 0.1) is 0 Å². The molecule has 2 rings (SSSR count). The zero-order valence-corrected chi connectivity index (χ0v) is 11.3. The van der Waals surface area contributed by atoms with Gasteiger partial charge in [-0.15, -0.1) is 6.58 Å². The Hall–Kier alpha value is -1.82. The van der Waals surface area contributed by atoms with Gasteiger partial charge in [0.05, 0.1) is 26.9 Å². The van der Waals surface area contributed by atoms with Gasteiger partial charge in [0.2, 0.25) is 5.75 Å². The summed E-state index contributed by atoms with van der Waals surface area (Å²) in [5.74, 6) is 1.76. The first-order valence-electron chi connectivity index (χ1n) is 6.20. The Bertz CT molecular complexity index is 439. The Morgan fingerprint density at radius 1 is 1.42 bits per heavy atom. The SMILES string of the molecule is C=CCOC1CCN(c2ncnc(OC)c2OC)C1. The highest BCUT2D eigenvalue weighted by molar-refractivity contribution is 5.57. The highest BCUT2D eigenvalue weighted by Crippen LogP contribution is 2.35. The van der Waals surface area contributed by atoms with E-state index in [0.717, 1.165) is 25.3 Å². The van der Waals surface area contributed by atoms with Gasteiger partial charge in [-0.2, -0.15) is 4.98 Å². The summed E-state index contributed by atoms with van der Waals surface area (Å²) in [7, 11) is 3.15. The van der Waals surface area contributed by atoms with Gasteiger partial charge in [-0.05, 0) is 6.42 Å². The summed E-state index contributed by atoms with van der Waals surface area (Å²) < 4.78 is 16.2. The average Bonchev–Trinajstić information content (AvgIpc) is 2.92. The number of methoxy groups -OCH3 is 2. The third-order valence-corrected chi connectivity index (χ3v) is 3.04. The topological polar surface area (TPSA) is 56.7 Å². The van der Waals surface area contributed by atoms with Crippen molar-refractivity contribution in [1.82, 2.24) is 9.97 Å². The van der Waals surface area contributed by atoms with Crippen LogP contribution < -0.4 is 14.4 Å². The lowest BCUT2D eigenvalue weighted by Crippen LogP contribution is -2.24. The van der Waals surface area contributed by atoms with Crippen molar-refractivity contribution in [2.45, 2.75) is 12.5 Å². The Morgan fingerprint density at radius 3 is 2.95 bits per heavy atom. The lowest BCUT2D eigenvalue weighted by Gasteiger charge is -2.20. The molecule has 0 spiro atoms. The monoisotopic (exact) mass is 265 g/mol. The molecule has 0 N–H and O–H groups in total. The largest absolute Gasteiger partial charge is 0.489 e. The summed E-state index contributed by atoms with van der Waals surface area (Å²) in [5.41, 5.74) is 0. The zero-order valence-electron chi connectivity index (χ0n) is 11.3. The Kier molecular flexibility index (Phi) is 4.57. The van der Waals surface area contributed by atoms with Crippen LogP contribution >= 0.6 is 0 Å². The molecule has 1 unspecified atom stereocenters. The van der Waals surface area contributed by atoms with Gasteiger partial charge in [-0.3, -0.25) is 0 Å². The molecule has 0 saturated carbocycles. The fraction of sp³-hybridized carbons (Fsp3) is 0.538. The molecule has 2 heterocycles. The third-order valence-electron chi connectivity index (χ3n) is 3.04. The maximum atomic E-state index is 5.66. The molecule has 0 radical (unpaired) electrons. The smallest absolute Gasteiger partial charge is 0.262 e. The van der Waals surface area contributed by atoms with Gasteiger partial charge in [0.25, 0.3) is 5.88 Å². The first-order chi connectivity index (χ1) is 9.30. The Morgan fingerprint density at radius 2 is 2.26 bits per heavy atom. The molecular weight excluding hydrogens is 246 g/mol. The van der Waals surface area contributed by atoms with Gasteiger partial charge < -0.3 is 19.1 Å². The van der Waals surface area contributed by atoms with E-state index in [2.05, 4.69) is 21.4 Å². The molecule has 1 saturated heterocycles. The van der Waals surface area contributed by atoms with Crippen molar-refractivity contribution < 1.29 is 14.2 Å². The minimum Gasteiger partial charge on any atom is -0.489 e. The van der Waals surface area contributed by atoms with E-state index in [-0.39, 0.29) is 6.10 Å². The number of anilines is 1. The molecule has 1 aliphatic rings. The molecule has 6 nitrogen and oxygen atoms in total. The van der Waals surface area contributed by atoms with E-state index in [1.54, 1.807) is 20.3 Å². The lowest BCUT2D eigenvalue weighted by molar-refractivity contribution is 0.0908. The van der Waals surface area contributed by atoms with Gasteiger partial charge in [0, 0.05) is 13.1 Å². The maximum absolute atomic E-state index is 5.66. The van der Waals surface area contributed by atoms with Crippen LogP contribution in [0.3, 0.4) is 0 Å². The second-order valence-corrected chi connectivity index (χ2v) is 4.22. The molecular formula is C13H19N3O3. The molecule has 104 valence electrons. The van der Waals surface area contributed by atoms with E-state index in [0.29, 0.717) is 18.2 Å². The normalized spacial score (nSPS) is 18.4. The van der Waals surface area contributed by atoms with E-state index in [1.165, 1.54) is 6.33 Å². The Balaban J connectivity index is 2.12. The summed E-state index contributed by atoms with van der Waals surface area (Å²) >= 11 is 0. The minimum atomic E-state index is 0.198. The molecule has 6 heteroatoms. The Labute approximate surface area is 113 Å². The number of ether oxygens (including phenoxy) is 3. The van der Waals surface area contributed by atoms with E-state index >= 15 is 0 Å². The van der Waals surface area contributed by atoms with Crippen molar-refractivity contribution in [2.75, 3.05) is 38.8 Å². The van der Waals surface area contributed by atoms with Crippen LogP contribution in [-0.2, 0) is 4.74 Å². The van der Waals surface area contributed by atoms with Crippen LogP contribution in [-0.4, -0.2) is 50.0 Å². The quantitative estimate of drug-likeness (QED) is 0.722. The van der Waals surface area contributed by atoms with Crippen LogP contribution in [0.2, 0.25) is 0 Å². The number of nitrogens with zero attached hydrogens (tertiary/aromatic N) is 3. The highest BCUT2D eigenvalue weighted by Gasteiger charge is 2.27. The van der Waals surface area contributed by atoms with Crippen LogP contribution in [0.5, 0.6) is 11.6 Å². The average molecular weight is 265 g/mol. The summed E-state index contributed by atoms with van der Waals surface area (Å²) in [6.45, 7) is 5.88. The van der Waals surface area contributed by atoms with Gasteiger partial charge in [0.15, 0.2) is 5.82 Å². The molecule has 0 amide bonds. The number of hydrogen-bond acceptors (Lipinski definition) is 6. The fourth-order valence-electron chi connectivity index (χ4n) is 2.16. The van der Waals surface area contributed by atoms with Crippen molar-refractivity contribution in [3.05, 3.63) is 19.0 Å². The summed E-state index contributed by atoms with van der Waals surface area (Å²) in [4.78, 5) is 10.4. The van der Waals surface area contributed by atoms with Gasteiger partial charge in [-0.25, -0.2) is 4.98 Å². The predicted octanol–water partition coefficient (Wildman–Crippen LogP) is 1.28. The molecule has 0 aliphatic carbocycles. The van der Waals surface area contributed by atoms with E-state index in [4.69, 9.17) is 14.2 Å². The van der Waals surface area contributed by atoms with E-state index < -0.39 is 0 Å². The molecule has 1 aromatic rings. The molecule has 0 bridgehead atoms. The summed E-state index contributed by atoms with van der Waals surface area (Å²) in [6, 6.07) is 0. The van der Waals surface area contributed by atoms with Crippen molar-refractivity contribution in [3.63, 3.8) is 0 Å². The number of rotatable bonds is 6. The lowest BCUT2D eigenvalue weighted by atomic mass is 10.3. The fourth-order valence-corrected chi connectivity index (χ4v) is 2.16. The first kappa shape index (κ1) is 13.6. The summed E-state index contributed by atoms with van der Waals surface area (Å²) in [6.07, 6.45) is 4.40. The van der Waals surface area contributed by atoms with Crippen molar-refractivity contribution in [2.24, 2.45) is 0 Å². The van der Waals surface area contributed by atoms with Crippen LogP contribution in [0.4, 0.5) is 5.82 Å². The van der Waals surface area contributed by atoms with Crippen molar-refractivity contribution >= 4 is 5.82 Å². The van der Waals surface area contributed by atoms with Gasteiger partial charge >= 0.3 is 0 Å². The molecule has 1 aliphatic heterocycles. The van der Waals surface area contributed by atoms with E-state index in [1.807, 2.05) is 0 Å². The predicted molar refractivity (Wildman–Crippen MR) is 71.9 cm³/mol. The number of aromatic nitrogens is 2. The van der Waals surface area contributed by atoms with Crippen molar-refractivity contribution in [3.8, 4) is 11.6 Å². The molecule has 0 aromatic carbocycles. The second kappa shape index (κ2) is 6.38. The number of hydrogen-bond donors (Lipinski definition) is 0. The van der Waals surface area contributed by atoms with Crippen LogP contribution in [0.1, 0.15) is 6.42 Å². The van der Waals surface area contributed by atoms with Crippen LogP contribution in [0.25, 0.3) is 0 Å². The third kappa shape index (κ3) is 2.96.